The van der Waals surface area contributed by atoms with Crippen LogP contribution in [0.25, 0.3) is 0 Å². The zero-order valence-electron chi connectivity index (χ0n) is 58.3. The Kier molecular flexibility index (Phi) is 57.5. The minimum atomic E-state index is -1.79. The normalized spacial score (nSPS) is 23.0. The number of amides is 1. The summed E-state index contributed by atoms with van der Waals surface area (Å²) in [6, 6.07) is -0.940. The highest BCUT2D eigenvalue weighted by Gasteiger charge is 2.51. The summed E-state index contributed by atoms with van der Waals surface area (Å²) in [6.45, 7) is 2.83. The van der Waals surface area contributed by atoms with Gasteiger partial charge in [0.2, 0.25) is 5.91 Å². The fourth-order valence-corrected chi connectivity index (χ4v) is 12.6. The Bertz CT molecular complexity index is 1710. The van der Waals surface area contributed by atoms with Crippen molar-refractivity contribution in [1.29, 1.82) is 0 Å². The highest BCUT2D eigenvalue weighted by molar-refractivity contribution is 5.76. The van der Waals surface area contributed by atoms with E-state index in [-0.39, 0.29) is 18.9 Å². The molecule has 12 atom stereocenters. The van der Waals surface area contributed by atoms with Gasteiger partial charge < -0.3 is 65.1 Å². The van der Waals surface area contributed by atoms with Crippen molar-refractivity contribution < 1.29 is 64.6 Å². The number of carbonyl (C=O) groups excluding carboxylic acids is 1. The van der Waals surface area contributed by atoms with Gasteiger partial charge in [-0.15, -0.1) is 0 Å². The van der Waals surface area contributed by atoms with Gasteiger partial charge in [0.05, 0.1) is 32.0 Å². The molecule has 1 amide bonds. The average molecular weight is 1290 g/mol. The highest BCUT2D eigenvalue weighted by atomic mass is 16.7. The van der Waals surface area contributed by atoms with Crippen molar-refractivity contribution in [2.24, 2.45) is 0 Å². The van der Waals surface area contributed by atoms with E-state index in [1.165, 1.54) is 263 Å². The molecule has 2 saturated heterocycles. The summed E-state index contributed by atoms with van der Waals surface area (Å²) in [5.74, 6) is -0.248. The van der Waals surface area contributed by atoms with Crippen LogP contribution < -0.4 is 5.32 Å². The van der Waals surface area contributed by atoms with Gasteiger partial charge in [0, 0.05) is 6.42 Å². The lowest BCUT2D eigenvalue weighted by Crippen LogP contribution is -2.65. The molecular formula is C77H143NO13. The number of aliphatic hydroxyl groups excluding tert-OH is 8. The third-order valence-corrected chi connectivity index (χ3v) is 18.7. The van der Waals surface area contributed by atoms with E-state index < -0.39 is 86.8 Å². The number of unbranched alkanes of at least 4 members (excludes halogenated alkanes) is 45. The molecule has 91 heavy (non-hydrogen) atoms. The third-order valence-electron chi connectivity index (χ3n) is 18.7. The molecule has 0 saturated carbocycles. The summed E-state index contributed by atoms with van der Waals surface area (Å²) in [6.07, 6.45) is 64.8. The van der Waals surface area contributed by atoms with Crippen molar-refractivity contribution in [3.8, 4) is 0 Å². The molecule has 0 aromatic heterocycles. The van der Waals surface area contributed by atoms with Crippen LogP contribution in [-0.2, 0) is 23.7 Å². The minimum absolute atomic E-state index is 0.248. The molecule has 0 aromatic rings. The number of aliphatic hydroxyl groups is 8. The van der Waals surface area contributed by atoms with Crippen molar-refractivity contribution in [1.82, 2.24) is 5.32 Å². The zero-order valence-corrected chi connectivity index (χ0v) is 58.3. The van der Waals surface area contributed by atoms with Crippen LogP contribution in [-0.4, -0.2) is 140 Å². The van der Waals surface area contributed by atoms with Crippen LogP contribution in [0.2, 0.25) is 0 Å². The van der Waals surface area contributed by atoms with E-state index in [9.17, 15) is 45.6 Å². The van der Waals surface area contributed by atoms with Crippen LogP contribution in [0.3, 0.4) is 0 Å². The molecule has 0 aromatic carbocycles. The monoisotopic (exact) mass is 1290 g/mol. The van der Waals surface area contributed by atoms with Gasteiger partial charge in [-0.05, 0) is 70.6 Å². The van der Waals surface area contributed by atoms with Gasteiger partial charge in [-0.2, -0.15) is 0 Å². The van der Waals surface area contributed by atoms with E-state index in [1.54, 1.807) is 6.08 Å². The van der Waals surface area contributed by atoms with Gasteiger partial charge in [-0.3, -0.25) is 4.79 Å². The number of allylic oxidation sites excluding steroid dienone is 7. The minimum Gasteiger partial charge on any atom is -0.394 e. The van der Waals surface area contributed by atoms with E-state index in [2.05, 4.69) is 55.6 Å². The lowest BCUT2D eigenvalue weighted by atomic mass is 9.97. The Morgan fingerprint density at radius 1 is 0.385 bits per heavy atom. The molecule has 0 bridgehead atoms. The Balaban J connectivity index is 1.67. The van der Waals surface area contributed by atoms with Crippen molar-refractivity contribution in [3.63, 3.8) is 0 Å². The van der Waals surface area contributed by atoms with Gasteiger partial charge in [0.25, 0.3) is 0 Å². The summed E-state index contributed by atoms with van der Waals surface area (Å²) >= 11 is 0. The smallest absolute Gasteiger partial charge is 0.220 e. The van der Waals surface area contributed by atoms with Gasteiger partial charge in [0.1, 0.15) is 48.8 Å². The SMILES string of the molecule is CCCCCCCCCC/C=C\CCCCCCCCCCCCCCCCCC(=O)NC(COC1OC(CO)C(OC2OC(CO)C(O)C(O)C2O)C(O)C1O)C(O)/C=C/CC/C=C/CC/C=C/CCCCCCCCCCCCCCCCCCCCCC. The summed E-state index contributed by atoms with van der Waals surface area (Å²) in [4.78, 5) is 13.4. The Hall–Kier alpha value is -2.05. The molecule has 534 valence electrons. The van der Waals surface area contributed by atoms with E-state index in [4.69, 9.17) is 18.9 Å². The van der Waals surface area contributed by atoms with Gasteiger partial charge >= 0.3 is 0 Å². The molecule has 2 aliphatic rings. The predicted octanol–water partition coefficient (Wildman–Crippen LogP) is 16.6. The van der Waals surface area contributed by atoms with E-state index >= 15 is 0 Å². The van der Waals surface area contributed by atoms with Crippen LogP contribution in [0, 0.1) is 0 Å². The molecular weight excluding hydrogens is 1150 g/mol. The maximum absolute atomic E-state index is 13.4. The molecule has 2 fully saturated rings. The molecule has 14 nitrogen and oxygen atoms in total. The maximum Gasteiger partial charge on any atom is 0.220 e. The molecule has 0 radical (unpaired) electrons. The third kappa shape index (κ3) is 45.2. The number of ether oxygens (including phenoxy) is 4. The number of hydrogen-bond acceptors (Lipinski definition) is 13. The topological polar surface area (TPSA) is 228 Å². The van der Waals surface area contributed by atoms with Gasteiger partial charge in [0.15, 0.2) is 12.6 Å². The van der Waals surface area contributed by atoms with Crippen LogP contribution in [0.1, 0.15) is 341 Å². The first-order valence-corrected chi connectivity index (χ1v) is 38.4. The Labute approximate surface area is 556 Å². The second kappa shape index (κ2) is 61.5. The second-order valence-corrected chi connectivity index (χ2v) is 27.1. The van der Waals surface area contributed by atoms with Gasteiger partial charge in [-0.25, -0.2) is 0 Å². The zero-order chi connectivity index (χ0) is 65.9. The lowest BCUT2D eigenvalue weighted by Gasteiger charge is -2.46. The Morgan fingerprint density at radius 3 is 1.08 bits per heavy atom. The van der Waals surface area contributed by atoms with Crippen LogP contribution in [0.4, 0.5) is 0 Å². The fourth-order valence-electron chi connectivity index (χ4n) is 12.6. The lowest BCUT2D eigenvalue weighted by molar-refractivity contribution is -0.359. The molecule has 0 spiro atoms. The first-order valence-electron chi connectivity index (χ1n) is 38.4. The van der Waals surface area contributed by atoms with Crippen LogP contribution in [0.15, 0.2) is 48.6 Å². The van der Waals surface area contributed by atoms with Crippen LogP contribution in [0.5, 0.6) is 0 Å². The molecule has 9 N–H and O–H groups in total. The Morgan fingerprint density at radius 2 is 0.703 bits per heavy atom. The number of nitrogens with one attached hydrogen (secondary N) is 1. The standard InChI is InChI=1S/C77H143NO13/c1-3-5-7-9-11-13-15-17-19-21-23-25-27-29-31-32-33-35-36-38-40-42-44-46-48-50-52-54-56-58-60-66(81)65(64-88-76-74(87)72(85)75(68(63-80)90-76)91-77-73(86)71(84)70(83)67(62-79)89-77)78-69(82)61-59-57-55-53-51-49-47-45-43-41-39-37-34-30-28-26-24-22-20-18-16-14-12-10-8-6-4-2/h22,24,42,44,50,52,58,60,65-68,70-77,79-81,83-87H,3-21,23,25-41,43,45-49,51,53-57,59,61-64H2,1-2H3,(H,78,82)/b24-22-,44-42+,52-50+,60-58+. The molecule has 2 heterocycles. The van der Waals surface area contributed by atoms with Crippen LogP contribution >= 0.6 is 0 Å². The highest BCUT2D eigenvalue weighted by Crippen LogP contribution is 2.30. The maximum atomic E-state index is 13.4. The quantitative estimate of drug-likeness (QED) is 0.0204. The van der Waals surface area contributed by atoms with E-state index in [0.29, 0.717) is 12.8 Å². The second-order valence-electron chi connectivity index (χ2n) is 27.1. The largest absolute Gasteiger partial charge is 0.394 e. The molecule has 12 unspecified atom stereocenters. The van der Waals surface area contributed by atoms with Crippen molar-refractivity contribution >= 4 is 5.91 Å². The summed E-state index contributed by atoms with van der Waals surface area (Å²) in [5.41, 5.74) is 0. The molecule has 14 heteroatoms. The number of rotatable bonds is 64. The van der Waals surface area contributed by atoms with Crippen molar-refractivity contribution in [3.05, 3.63) is 48.6 Å². The van der Waals surface area contributed by atoms with Gasteiger partial charge in [-0.1, -0.05) is 313 Å². The predicted molar refractivity (Wildman–Crippen MR) is 374 cm³/mol. The molecule has 0 aliphatic carbocycles. The molecule has 2 aliphatic heterocycles. The number of carbonyl (C=O) groups is 1. The van der Waals surface area contributed by atoms with E-state index in [1.807, 2.05) is 6.08 Å². The molecule has 2 rings (SSSR count). The first kappa shape index (κ1) is 85.0. The number of hydrogen-bond donors (Lipinski definition) is 9. The van der Waals surface area contributed by atoms with E-state index in [0.717, 1.165) is 44.9 Å². The van der Waals surface area contributed by atoms with Crippen molar-refractivity contribution in [2.45, 2.75) is 415 Å². The summed E-state index contributed by atoms with van der Waals surface area (Å²) in [5, 5.41) is 87.5. The fraction of sp³-hybridized carbons (Fsp3) is 0.883. The average Bonchev–Trinajstić information content (AvgIpc) is 1.07. The first-order chi connectivity index (χ1) is 44.6. The summed E-state index contributed by atoms with van der Waals surface area (Å²) in [7, 11) is 0. The van der Waals surface area contributed by atoms with Crippen molar-refractivity contribution in [2.75, 3.05) is 19.8 Å². The summed E-state index contributed by atoms with van der Waals surface area (Å²) < 4.78 is 22.9.